The minimum atomic E-state index is 0.834. The molecule has 0 fully saturated rings. The van der Waals surface area contributed by atoms with Crippen LogP contribution < -0.4 is 5.32 Å². The van der Waals surface area contributed by atoms with Crippen molar-refractivity contribution in [3.8, 4) is 0 Å². The maximum Gasteiger partial charge on any atom is 0.151 e. The van der Waals surface area contributed by atoms with Gasteiger partial charge in [0.25, 0.3) is 0 Å². The Morgan fingerprint density at radius 3 is 3.00 bits per heavy atom. The summed E-state index contributed by atoms with van der Waals surface area (Å²) in [5.74, 6) is 0.879. The van der Waals surface area contributed by atoms with Crippen LogP contribution in [0.15, 0.2) is 18.6 Å². The van der Waals surface area contributed by atoms with E-state index in [1.165, 1.54) is 5.69 Å². The monoisotopic (exact) mass is 234 g/mol. The minimum absolute atomic E-state index is 0.834. The Hall–Kier alpha value is -1.69. The molecule has 1 N–H and O–H groups in total. The zero-order chi connectivity index (χ0) is 12.1. The molecule has 0 amide bonds. The van der Waals surface area contributed by atoms with Crippen LogP contribution in [0, 0.1) is 0 Å². The van der Waals surface area contributed by atoms with Gasteiger partial charge in [0.15, 0.2) is 5.82 Å². The topological polar surface area (TPSA) is 60.6 Å². The van der Waals surface area contributed by atoms with Gasteiger partial charge in [0, 0.05) is 39.3 Å². The molecule has 2 heterocycles. The molecule has 0 bridgehead atoms. The number of hydrogen-bond donors (Lipinski definition) is 1. The van der Waals surface area contributed by atoms with Gasteiger partial charge in [0.1, 0.15) is 6.33 Å². The number of aromatic nitrogens is 5. The van der Waals surface area contributed by atoms with Crippen LogP contribution in [-0.2, 0) is 26.6 Å². The lowest BCUT2D eigenvalue weighted by Gasteiger charge is -2.05. The van der Waals surface area contributed by atoms with Gasteiger partial charge < -0.3 is 5.32 Å². The highest BCUT2D eigenvalue weighted by molar-refractivity contribution is 4.99. The van der Waals surface area contributed by atoms with Crippen molar-refractivity contribution < 1.29 is 0 Å². The van der Waals surface area contributed by atoms with E-state index in [1.807, 2.05) is 24.0 Å². The van der Waals surface area contributed by atoms with Crippen LogP contribution in [0.1, 0.15) is 18.4 Å². The van der Waals surface area contributed by atoms with Crippen molar-refractivity contribution in [1.82, 2.24) is 29.9 Å². The van der Waals surface area contributed by atoms with Crippen LogP contribution in [0.25, 0.3) is 0 Å². The molecule has 92 valence electrons. The van der Waals surface area contributed by atoms with Gasteiger partial charge in [-0.15, -0.1) is 0 Å². The third kappa shape index (κ3) is 3.13. The summed E-state index contributed by atoms with van der Waals surface area (Å²) in [4.78, 5) is 4.18. The molecule has 2 rings (SSSR count). The van der Waals surface area contributed by atoms with Gasteiger partial charge in [0.2, 0.25) is 0 Å². The van der Waals surface area contributed by atoms with Crippen molar-refractivity contribution in [2.75, 3.05) is 6.54 Å². The molecule has 0 saturated carbocycles. The zero-order valence-electron chi connectivity index (χ0n) is 10.3. The molecule has 2 aromatic heterocycles. The first-order chi connectivity index (χ1) is 8.29. The molecule has 0 radical (unpaired) electrons. The quantitative estimate of drug-likeness (QED) is 0.733. The van der Waals surface area contributed by atoms with E-state index in [4.69, 9.17) is 0 Å². The molecule has 0 spiro atoms. The van der Waals surface area contributed by atoms with E-state index in [2.05, 4.69) is 27.4 Å². The Morgan fingerprint density at radius 1 is 1.41 bits per heavy atom. The van der Waals surface area contributed by atoms with Gasteiger partial charge >= 0.3 is 0 Å². The van der Waals surface area contributed by atoms with Crippen LogP contribution in [-0.4, -0.2) is 31.1 Å². The highest BCUT2D eigenvalue weighted by atomic mass is 15.3. The summed E-state index contributed by atoms with van der Waals surface area (Å²) in [6, 6.07) is 2.04. The molecular formula is C11H18N6. The molecule has 0 unspecified atom stereocenters. The molecule has 6 heteroatoms. The smallest absolute Gasteiger partial charge is 0.151 e. The molecule has 0 atom stereocenters. The normalized spacial score (nSPS) is 10.9. The summed E-state index contributed by atoms with van der Waals surface area (Å²) in [5, 5.41) is 11.8. The third-order valence-corrected chi connectivity index (χ3v) is 2.58. The maximum absolute atomic E-state index is 4.23. The molecular weight excluding hydrogens is 216 g/mol. The standard InChI is InChI=1S/C11H18N6/c1-3-17-10(4-7-14-17)8-12-6-5-11-13-9-16(2)15-11/h4,7,9,12H,3,5-6,8H2,1-2H3. The molecule has 0 aliphatic carbocycles. The van der Waals surface area contributed by atoms with Crippen molar-refractivity contribution in [1.29, 1.82) is 0 Å². The molecule has 17 heavy (non-hydrogen) atoms. The Balaban J connectivity index is 1.73. The number of hydrogen-bond acceptors (Lipinski definition) is 4. The van der Waals surface area contributed by atoms with Crippen LogP contribution in [0.4, 0.5) is 0 Å². The SMILES string of the molecule is CCn1nccc1CNCCc1ncn(C)n1. The van der Waals surface area contributed by atoms with Gasteiger partial charge in [-0.2, -0.15) is 10.2 Å². The Bertz CT molecular complexity index is 458. The van der Waals surface area contributed by atoms with Gasteiger partial charge in [-0.25, -0.2) is 4.98 Å². The summed E-state index contributed by atoms with van der Waals surface area (Å²) < 4.78 is 3.72. The van der Waals surface area contributed by atoms with Crippen molar-refractivity contribution in [2.45, 2.75) is 26.4 Å². The summed E-state index contributed by atoms with van der Waals surface area (Å²) in [7, 11) is 1.88. The summed E-state index contributed by atoms with van der Waals surface area (Å²) in [5.41, 5.74) is 1.21. The second-order valence-corrected chi connectivity index (χ2v) is 3.90. The van der Waals surface area contributed by atoms with E-state index in [0.29, 0.717) is 0 Å². The molecule has 6 nitrogen and oxygen atoms in total. The number of rotatable bonds is 6. The fourth-order valence-corrected chi connectivity index (χ4v) is 1.71. The number of aryl methyl sites for hydroxylation is 2. The average Bonchev–Trinajstić information content (AvgIpc) is 2.93. The van der Waals surface area contributed by atoms with E-state index in [0.717, 1.165) is 31.9 Å². The van der Waals surface area contributed by atoms with E-state index >= 15 is 0 Å². The van der Waals surface area contributed by atoms with Gasteiger partial charge in [-0.3, -0.25) is 9.36 Å². The fourth-order valence-electron chi connectivity index (χ4n) is 1.71. The first-order valence-corrected chi connectivity index (χ1v) is 5.85. The first-order valence-electron chi connectivity index (χ1n) is 5.85. The molecule has 0 saturated heterocycles. The molecule has 0 aliphatic rings. The highest BCUT2D eigenvalue weighted by Gasteiger charge is 2.01. The minimum Gasteiger partial charge on any atom is -0.311 e. The largest absolute Gasteiger partial charge is 0.311 e. The Labute approximate surface area is 101 Å². The van der Waals surface area contributed by atoms with Crippen molar-refractivity contribution in [3.05, 3.63) is 30.1 Å². The average molecular weight is 234 g/mol. The molecule has 2 aromatic rings. The van der Waals surface area contributed by atoms with Crippen molar-refractivity contribution in [2.24, 2.45) is 7.05 Å². The second kappa shape index (κ2) is 5.58. The Morgan fingerprint density at radius 2 is 2.29 bits per heavy atom. The third-order valence-electron chi connectivity index (χ3n) is 2.58. The zero-order valence-corrected chi connectivity index (χ0v) is 10.3. The van der Waals surface area contributed by atoms with E-state index in [9.17, 15) is 0 Å². The van der Waals surface area contributed by atoms with Crippen molar-refractivity contribution in [3.63, 3.8) is 0 Å². The lowest BCUT2D eigenvalue weighted by Crippen LogP contribution is -2.19. The van der Waals surface area contributed by atoms with Crippen LogP contribution in [0.3, 0.4) is 0 Å². The molecule has 0 aliphatic heterocycles. The van der Waals surface area contributed by atoms with Crippen LogP contribution >= 0.6 is 0 Å². The number of nitrogens with zero attached hydrogens (tertiary/aromatic N) is 5. The second-order valence-electron chi connectivity index (χ2n) is 3.90. The Kier molecular flexibility index (Phi) is 3.87. The predicted octanol–water partition coefficient (Wildman–Crippen LogP) is 0.364. The predicted molar refractivity (Wildman–Crippen MR) is 64.3 cm³/mol. The van der Waals surface area contributed by atoms with E-state index < -0.39 is 0 Å². The maximum atomic E-state index is 4.23. The highest BCUT2D eigenvalue weighted by Crippen LogP contribution is 1.98. The van der Waals surface area contributed by atoms with Gasteiger partial charge in [-0.05, 0) is 13.0 Å². The van der Waals surface area contributed by atoms with Crippen molar-refractivity contribution >= 4 is 0 Å². The first kappa shape index (κ1) is 11.8. The summed E-state index contributed by atoms with van der Waals surface area (Å²) >= 11 is 0. The van der Waals surface area contributed by atoms with Crippen LogP contribution in [0.5, 0.6) is 0 Å². The van der Waals surface area contributed by atoms with Gasteiger partial charge in [0.05, 0.1) is 5.69 Å². The number of nitrogens with one attached hydrogen (secondary N) is 1. The summed E-state index contributed by atoms with van der Waals surface area (Å²) in [6.45, 7) is 4.71. The fraction of sp³-hybridized carbons (Fsp3) is 0.545. The lowest BCUT2D eigenvalue weighted by molar-refractivity contribution is 0.578. The molecule has 0 aromatic carbocycles. The van der Waals surface area contributed by atoms with E-state index in [-0.39, 0.29) is 0 Å². The van der Waals surface area contributed by atoms with Crippen LogP contribution in [0.2, 0.25) is 0 Å². The van der Waals surface area contributed by atoms with E-state index in [1.54, 1.807) is 11.0 Å². The summed E-state index contributed by atoms with van der Waals surface area (Å²) in [6.07, 6.45) is 4.41. The van der Waals surface area contributed by atoms with Gasteiger partial charge in [-0.1, -0.05) is 0 Å². The lowest BCUT2D eigenvalue weighted by atomic mass is 10.3.